The van der Waals surface area contributed by atoms with Crippen LogP contribution in [0.2, 0.25) is 0 Å². The third kappa shape index (κ3) is 3.39. The fraction of sp³-hybridized carbons (Fsp3) is 0.857. The van der Waals surface area contributed by atoms with E-state index in [4.69, 9.17) is 9.47 Å². The van der Waals surface area contributed by atoms with Gasteiger partial charge in [-0.05, 0) is 40.5 Å². The van der Waals surface area contributed by atoms with Crippen molar-refractivity contribution in [2.45, 2.75) is 71.6 Å². The Morgan fingerprint density at radius 3 is 2.37 bits per heavy atom. The summed E-state index contributed by atoms with van der Waals surface area (Å²) in [5, 5.41) is 2.93. The predicted molar refractivity (Wildman–Crippen MR) is 71.7 cm³/mol. The zero-order chi connectivity index (χ0) is 14.9. The van der Waals surface area contributed by atoms with Crippen molar-refractivity contribution in [3.63, 3.8) is 0 Å². The molecule has 0 spiro atoms. The van der Waals surface area contributed by atoms with Crippen LogP contribution < -0.4 is 5.32 Å². The van der Waals surface area contributed by atoms with E-state index < -0.39 is 17.2 Å². The molecule has 19 heavy (non-hydrogen) atoms. The van der Waals surface area contributed by atoms with Gasteiger partial charge in [-0.15, -0.1) is 0 Å². The van der Waals surface area contributed by atoms with Crippen LogP contribution in [0.4, 0.5) is 4.79 Å². The van der Waals surface area contributed by atoms with E-state index in [2.05, 4.69) is 5.32 Å². The summed E-state index contributed by atoms with van der Waals surface area (Å²) < 4.78 is 10.4. The third-order valence-corrected chi connectivity index (χ3v) is 4.13. The minimum absolute atomic E-state index is 0.190. The molecule has 0 unspecified atom stereocenters. The number of alkyl carbamates (subject to hydrolysis) is 1. The number of carbonyl (C=O) groups is 2. The number of nitrogens with one attached hydrogen (secondary N) is 1. The maximum atomic E-state index is 11.9. The highest BCUT2D eigenvalue weighted by Crippen LogP contribution is 2.47. The standard InChI is InChI=1S/C14H25NO4/c1-12(2,3)19-11(17)15-14(6)8-7-10(18-9-16)13(14,4)5/h9-10H,7-8H2,1-6H3,(H,15,17)/t10-,14+/m0/s1. The lowest BCUT2D eigenvalue weighted by atomic mass is 9.75. The normalized spacial score (nSPS) is 29.7. The molecule has 0 aromatic carbocycles. The van der Waals surface area contributed by atoms with Crippen molar-refractivity contribution in [3.05, 3.63) is 0 Å². The molecule has 1 N–H and O–H groups in total. The van der Waals surface area contributed by atoms with E-state index in [1.807, 2.05) is 41.5 Å². The van der Waals surface area contributed by atoms with E-state index >= 15 is 0 Å². The molecule has 1 fully saturated rings. The average Bonchev–Trinajstić information content (AvgIpc) is 2.39. The second-order valence-electron chi connectivity index (χ2n) is 6.94. The largest absolute Gasteiger partial charge is 0.464 e. The van der Waals surface area contributed by atoms with Gasteiger partial charge in [0.15, 0.2) is 0 Å². The SMILES string of the molecule is CC(C)(C)OC(=O)N[C@]1(C)CC[C@H](OC=O)C1(C)C. The molecule has 1 aliphatic carbocycles. The van der Waals surface area contributed by atoms with Gasteiger partial charge in [-0.1, -0.05) is 13.8 Å². The summed E-state index contributed by atoms with van der Waals surface area (Å²) in [4.78, 5) is 22.5. The fourth-order valence-corrected chi connectivity index (χ4v) is 2.52. The van der Waals surface area contributed by atoms with Gasteiger partial charge < -0.3 is 14.8 Å². The van der Waals surface area contributed by atoms with Gasteiger partial charge in [0.2, 0.25) is 0 Å². The molecule has 0 saturated heterocycles. The monoisotopic (exact) mass is 271 g/mol. The van der Waals surface area contributed by atoms with Crippen molar-refractivity contribution < 1.29 is 19.1 Å². The second kappa shape index (κ2) is 5.02. The predicted octanol–water partition coefficient (Wildman–Crippen LogP) is 2.63. The van der Waals surface area contributed by atoms with Crippen molar-refractivity contribution >= 4 is 12.6 Å². The first-order valence-corrected chi connectivity index (χ1v) is 6.62. The molecule has 5 heteroatoms. The van der Waals surface area contributed by atoms with Gasteiger partial charge in [-0.25, -0.2) is 4.79 Å². The van der Waals surface area contributed by atoms with E-state index in [1.54, 1.807) is 0 Å². The molecule has 0 aliphatic heterocycles. The van der Waals surface area contributed by atoms with Crippen LogP contribution in [0.3, 0.4) is 0 Å². The zero-order valence-corrected chi connectivity index (χ0v) is 12.7. The second-order valence-corrected chi connectivity index (χ2v) is 6.94. The molecule has 110 valence electrons. The molecule has 2 atom stereocenters. The van der Waals surface area contributed by atoms with Crippen LogP contribution in [0.15, 0.2) is 0 Å². The summed E-state index contributed by atoms with van der Waals surface area (Å²) in [7, 11) is 0. The number of hydrogen-bond acceptors (Lipinski definition) is 4. The Morgan fingerprint density at radius 1 is 1.32 bits per heavy atom. The summed E-state index contributed by atoms with van der Waals surface area (Å²) in [6, 6.07) is 0. The number of carbonyl (C=O) groups excluding carboxylic acids is 2. The van der Waals surface area contributed by atoms with Gasteiger partial charge in [0.25, 0.3) is 6.47 Å². The Labute approximate surface area is 115 Å². The van der Waals surface area contributed by atoms with Crippen molar-refractivity contribution in [1.82, 2.24) is 5.32 Å². The molecular formula is C14H25NO4. The summed E-state index contributed by atoms with van der Waals surface area (Å²) >= 11 is 0. The molecular weight excluding hydrogens is 246 g/mol. The Morgan fingerprint density at radius 2 is 1.89 bits per heavy atom. The van der Waals surface area contributed by atoms with Crippen LogP contribution in [-0.2, 0) is 14.3 Å². The zero-order valence-electron chi connectivity index (χ0n) is 12.7. The van der Waals surface area contributed by atoms with Crippen molar-refractivity contribution in [2.75, 3.05) is 0 Å². The summed E-state index contributed by atoms with van der Waals surface area (Å²) in [6.07, 6.45) is 0.857. The molecule has 1 aliphatic rings. The Bertz CT molecular complexity index is 359. The fourth-order valence-electron chi connectivity index (χ4n) is 2.52. The Hall–Kier alpha value is -1.26. The molecule has 0 heterocycles. The van der Waals surface area contributed by atoms with Crippen LogP contribution >= 0.6 is 0 Å². The van der Waals surface area contributed by atoms with Gasteiger partial charge >= 0.3 is 6.09 Å². The topological polar surface area (TPSA) is 64.6 Å². The number of amides is 1. The lowest BCUT2D eigenvalue weighted by Crippen LogP contribution is -2.56. The number of rotatable bonds is 3. The van der Waals surface area contributed by atoms with Gasteiger partial charge in [0.05, 0.1) is 0 Å². The third-order valence-electron chi connectivity index (χ3n) is 4.13. The highest BCUT2D eigenvalue weighted by Gasteiger charge is 2.54. The van der Waals surface area contributed by atoms with Crippen molar-refractivity contribution in [3.8, 4) is 0 Å². The molecule has 1 rings (SSSR count). The quantitative estimate of drug-likeness (QED) is 0.801. The number of ether oxygens (including phenoxy) is 2. The van der Waals surface area contributed by atoms with Crippen LogP contribution in [0.1, 0.15) is 54.4 Å². The van der Waals surface area contributed by atoms with Crippen LogP contribution in [0, 0.1) is 5.41 Å². The number of hydrogen-bond donors (Lipinski definition) is 1. The van der Waals surface area contributed by atoms with E-state index in [-0.39, 0.29) is 11.5 Å². The summed E-state index contributed by atoms with van der Waals surface area (Å²) in [5.74, 6) is 0. The van der Waals surface area contributed by atoms with Crippen molar-refractivity contribution in [2.24, 2.45) is 5.41 Å². The minimum Gasteiger partial charge on any atom is -0.464 e. The Kier molecular flexibility index (Phi) is 4.17. The molecule has 5 nitrogen and oxygen atoms in total. The van der Waals surface area contributed by atoms with Gasteiger partial charge in [-0.3, -0.25) is 4.79 Å². The maximum Gasteiger partial charge on any atom is 0.408 e. The van der Waals surface area contributed by atoms with E-state index in [1.165, 1.54) is 0 Å². The molecule has 0 bridgehead atoms. The molecule has 0 aromatic rings. The Balaban J connectivity index is 2.77. The smallest absolute Gasteiger partial charge is 0.408 e. The first kappa shape index (κ1) is 15.8. The van der Waals surface area contributed by atoms with Crippen LogP contribution in [0.25, 0.3) is 0 Å². The molecule has 1 amide bonds. The van der Waals surface area contributed by atoms with Crippen LogP contribution in [-0.4, -0.2) is 29.8 Å². The lowest BCUT2D eigenvalue weighted by Gasteiger charge is -2.41. The van der Waals surface area contributed by atoms with Gasteiger partial charge in [0.1, 0.15) is 11.7 Å². The summed E-state index contributed by atoms with van der Waals surface area (Å²) in [5.41, 5.74) is -1.32. The van der Waals surface area contributed by atoms with E-state index in [0.717, 1.165) is 12.8 Å². The van der Waals surface area contributed by atoms with Gasteiger partial charge in [-0.2, -0.15) is 0 Å². The maximum absolute atomic E-state index is 11.9. The molecule has 0 aromatic heterocycles. The molecule has 0 radical (unpaired) electrons. The first-order valence-electron chi connectivity index (χ1n) is 6.62. The van der Waals surface area contributed by atoms with Crippen LogP contribution in [0.5, 0.6) is 0 Å². The van der Waals surface area contributed by atoms with E-state index in [9.17, 15) is 9.59 Å². The summed E-state index contributed by atoms with van der Waals surface area (Å²) in [6.45, 7) is 11.9. The lowest BCUT2D eigenvalue weighted by molar-refractivity contribution is -0.139. The minimum atomic E-state index is -0.526. The van der Waals surface area contributed by atoms with E-state index in [0.29, 0.717) is 6.47 Å². The first-order chi connectivity index (χ1) is 8.52. The molecule has 1 saturated carbocycles. The van der Waals surface area contributed by atoms with Crippen molar-refractivity contribution in [1.29, 1.82) is 0 Å². The highest BCUT2D eigenvalue weighted by atomic mass is 16.6. The highest BCUT2D eigenvalue weighted by molar-refractivity contribution is 5.69. The van der Waals surface area contributed by atoms with Gasteiger partial charge in [0, 0.05) is 11.0 Å². The average molecular weight is 271 g/mol.